The van der Waals surface area contributed by atoms with Gasteiger partial charge in [0.1, 0.15) is 5.75 Å². The largest absolute Gasteiger partial charge is 0.497 e. The molecule has 1 N–H and O–H groups in total. The van der Waals surface area contributed by atoms with Gasteiger partial charge in [-0.05, 0) is 53.7 Å². The molecular formula is C18H12ClF3N2O2S. The van der Waals surface area contributed by atoms with Crippen LogP contribution in [0, 0.1) is 0 Å². The minimum atomic E-state index is -4.61. The zero-order valence-corrected chi connectivity index (χ0v) is 15.4. The number of halogens is 4. The number of aliphatic imine (C=N–C) groups is 1. The summed E-state index contributed by atoms with van der Waals surface area (Å²) in [5, 5.41) is 2.49. The summed E-state index contributed by atoms with van der Waals surface area (Å²) in [7, 11) is 1.54. The molecule has 0 radical (unpaired) electrons. The second-order valence-corrected chi connectivity index (χ2v) is 6.88. The molecule has 0 bridgehead atoms. The summed E-state index contributed by atoms with van der Waals surface area (Å²) >= 11 is 6.62. The average molecular weight is 413 g/mol. The van der Waals surface area contributed by atoms with Crippen molar-refractivity contribution >= 4 is 46.2 Å². The summed E-state index contributed by atoms with van der Waals surface area (Å²) in [6.07, 6.45) is -2.99. The molecule has 27 heavy (non-hydrogen) atoms. The van der Waals surface area contributed by atoms with Crippen molar-refractivity contribution in [3.63, 3.8) is 0 Å². The molecule has 0 saturated carbocycles. The monoisotopic (exact) mass is 412 g/mol. The van der Waals surface area contributed by atoms with Crippen LogP contribution in [0.3, 0.4) is 0 Å². The van der Waals surface area contributed by atoms with Gasteiger partial charge in [-0.25, -0.2) is 4.99 Å². The maximum Gasteiger partial charge on any atom is 0.418 e. The van der Waals surface area contributed by atoms with Crippen LogP contribution in [0.2, 0.25) is 5.02 Å². The second-order valence-electron chi connectivity index (χ2n) is 5.41. The molecule has 1 aliphatic rings. The molecule has 0 spiro atoms. The Balaban J connectivity index is 1.88. The molecule has 0 unspecified atom stereocenters. The molecule has 4 nitrogen and oxygen atoms in total. The van der Waals surface area contributed by atoms with E-state index >= 15 is 0 Å². The first kappa shape index (κ1) is 19.3. The van der Waals surface area contributed by atoms with Gasteiger partial charge in [0.05, 0.1) is 23.3 Å². The lowest BCUT2D eigenvalue weighted by Crippen LogP contribution is -2.19. The Morgan fingerprint density at radius 1 is 1.19 bits per heavy atom. The fourth-order valence-corrected chi connectivity index (χ4v) is 3.28. The molecule has 140 valence electrons. The summed E-state index contributed by atoms with van der Waals surface area (Å²) in [6, 6.07) is 10.3. The standard InChI is InChI=1S/C18H12ClF3N2O2S/c1-26-12-5-2-10(3-6-12)8-15-16(25)24-17(27-15)23-14-7-4-11(19)9-13(14)18(20,21)22/h2-9H,1H3,(H,23,24,25)/b15-8-. The van der Waals surface area contributed by atoms with Gasteiger partial charge in [-0.3, -0.25) is 4.79 Å². The van der Waals surface area contributed by atoms with Gasteiger partial charge in [0.25, 0.3) is 5.91 Å². The highest BCUT2D eigenvalue weighted by Gasteiger charge is 2.34. The number of nitrogens with zero attached hydrogens (tertiary/aromatic N) is 1. The van der Waals surface area contributed by atoms with Crippen LogP contribution in [0.4, 0.5) is 18.9 Å². The third kappa shape index (κ3) is 4.64. The Bertz CT molecular complexity index is 941. The number of benzene rings is 2. The highest BCUT2D eigenvalue weighted by atomic mass is 35.5. The number of amidine groups is 1. The minimum absolute atomic E-state index is 0.0468. The van der Waals surface area contributed by atoms with Gasteiger partial charge in [0.15, 0.2) is 5.17 Å². The van der Waals surface area contributed by atoms with Crippen molar-refractivity contribution in [1.29, 1.82) is 0 Å². The van der Waals surface area contributed by atoms with Crippen molar-refractivity contribution in [3.05, 3.63) is 63.5 Å². The van der Waals surface area contributed by atoms with Gasteiger partial charge < -0.3 is 10.1 Å². The van der Waals surface area contributed by atoms with Gasteiger partial charge in [0.2, 0.25) is 0 Å². The van der Waals surface area contributed by atoms with Crippen molar-refractivity contribution in [2.75, 3.05) is 7.11 Å². The molecule has 9 heteroatoms. The second kappa shape index (κ2) is 7.66. The van der Waals surface area contributed by atoms with E-state index in [4.69, 9.17) is 16.3 Å². The molecule has 1 heterocycles. The SMILES string of the molecule is COc1ccc(/C=C2\SC(=Nc3ccc(Cl)cc3C(F)(F)F)NC2=O)cc1. The first-order valence-corrected chi connectivity index (χ1v) is 8.76. The lowest BCUT2D eigenvalue weighted by atomic mass is 10.2. The van der Waals surface area contributed by atoms with Crippen molar-refractivity contribution in [3.8, 4) is 5.75 Å². The first-order valence-electron chi connectivity index (χ1n) is 7.56. The van der Waals surface area contributed by atoms with Crippen LogP contribution in [-0.4, -0.2) is 18.2 Å². The molecule has 2 aromatic rings. The van der Waals surface area contributed by atoms with Crippen LogP contribution in [0.5, 0.6) is 5.75 Å². The van der Waals surface area contributed by atoms with E-state index in [1.807, 2.05) is 0 Å². The number of ether oxygens (including phenoxy) is 1. The number of thioether (sulfide) groups is 1. The predicted molar refractivity (Wildman–Crippen MR) is 100 cm³/mol. The zero-order valence-electron chi connectivity index (χ0n) is 13.8. The topological polar surface area (TPSA) is 50.7 Å². The van der Waals surface area contributed by atoms with E-state index in [9.17, 15) is 18.0 Å². The van der Waals surface area contributed by atoms with Crippen LogP contribution in [0.15, 0.2) is 52.4 Å². The zero-order chi connectivity index (χ0) is 19.6. The van der Waals surface area contributed by atoms with Crippen molar-refractivity contribution in [1.82, 2.24) is 5.32 Å². The summed E-state index contributed by atoms with van der Waals surface area (Å²) in [5.41, 5.74) is -0.539. The maximum absolute atomic E-state index is 13.2. The molecule has 2 aromatic carbocycles. The van der Waals surface area contributed by atoms with Crippen molar-refractivity contribution < 1.29 is 22.7 Å². The predicted octanol–water partition coefficient (Wildman–Crippen LogP) is 5.26. The number of amides is 1. The lowest BCUT2D eigenvalue weighted by Gasteiger charge is -2.10. The Labute approximate surface area is 162 Å². The van der Waals surface area contributed by atoms with E-state index < -0.39 is 17.6 Å². The van der Waals surface area contributed by atoms with Gasteiger partial charge in [-0.1, -0.05) is 23.7 Å². The average Bonchev–Trinajstić information content (AvgIpc) is 2.95. The molecule has 0 atom stereocenters. The third-order valence-electron chi connectivity index (χ3n) is 3.55. The van der Waals surface area contributed by atoms with Crippen LogP contribution >= 0.6 is 23.4 Å². The third-order valence-corrected chi connectivity index (χ3v) is 4.70. The maximum atomic E-state index is 13.2. The van der Waals surface area contributed by atoms with E-state index in [0.717, 1.165) is 29.5 Å². The molecule has 1 fully saturated rings. The number of rotatable bonds is 3. The van der Waals surface area contributed by atoms with E-state index in [1.54, 1.807) is 37.5 Å². The Hall–Kier alpha value is -2.45. The molecule has 0 aromatic heterocycles. The lowest BCUT2D eigenvalue weighted by molar-refractivity contribution is -0.137. The summed E-state index contributed by atoms with van der Waals surface area (Å²) in [6.45, 7) is 0. The van der Waals surface area contributed by atoms with Gasteiger partial charge in [-0.2, -0.15) is 13.2 Å². The van der Waals surface area contributed by atoms with E-state index in [2.05, 4.69) is 10.3 Å². The summed E-state index contributed by atoms with van der Waals surface area (Å²) < 4.78 is 44.5. The number of carbonyl (C=O) groups is 1. The smallest absolute Gasteiger partial charge is 0.418 e. The van der Waals surface area contributed by atoms with Crippen LogP contribution in [0.25, 0.3) is 6.08 Å². The highest BCUT2D eigenvalue weighted by Crippen LogP contribution is 2.39. The van der Waals surface area contributed by atoms with E-state index in [0.29, 0.717) is 10.7 Å². The quantitative estimate of drug-likeness (QED) is 0.700. The number of hydrogen-bond donors (Lipinski definition) is 1. The molecule has 1 saturated heterocycles. The molecular weight excluding hydrogens is 401 g/mol. The number of nitrogens with one attached hydrogen (secondary N) is 1. The summed E-state index contributed by atoms with van der Waals surface area (Å²) in [4.78, 5) is 16.4. The fourth-order valence-electron chi connectivity index (χ4n) is 2.27. The molecule has 1 amide bonds. The van der Waals surface area contributed by atoms with Crippen molar-refractivity contribution in [2.45, 2.75) is 6.18 Å². The Morgan fingerprint density at radius 2 is 1.89 bits per heavy atom. The Morgan fingerprint density at radius 3 is 2.52 bits per heavy atom. The number of hydrogen-bond acceptors (Lipinski definition) is 4. The normalized spacial score (nSPS) is 17.4. The Kier molecular flexibility index (Phi) is 5.48. The minimum Gasteiger partial charge on any atom is -0.497 e. The highest BCUT2D eigenvalue weighted by molar-refractivity contribution is 8.18. The van der Waals surface area contributed by atoms with Gasteiger partial charge in [-0.15, -0.1) is 0 Å². The molecule has 1 aliphatic heterocycles. The fraction of sp³-hybridized carbons (Fsp3) is 0.111. The first-order chi connectivity index (χ1) is 12.8. The molecule has 0 aliphatic carbocycles. The van der Waals surface area contributed by atoms with Crippen LogP contribution in [0.1, 0.15) is 11.1 Å². The molecule has 3 rings (SSSR count). The van der Waals surface area contributed by atoms with Crippen LogP contribution in [-0.2, 0) is 11.0 Å². The van der Waals surface area contributed by atoms with Gasteiger partial charge >= 0.3 is 6.18 Å². The summed E-state index contributed by atoms with van der Waals surface area (Å²) in [5.74, 6) is 0.238. The van der Waals surface area contributed by atoms with E-state index in [1.165, 1.54) is 6.07 Å². The van der Waals surface area contributed by atoms with E-state index in [-0.39, 0.29) is 15.9 Å². The number of carbonyl (C=O) groups excluding carboxylic acids is 1. The van der Waals surface area contributed by atoms with Crippen molar-refractivity contribution in [2.24, 2.45) is 4.99 Å². The van der Waals surface area contributed by atoms with Gasteiger partial charge in [0, 0.05) is 5.02 Å². The van der Waals surface area contributed by atoms with Crippen LogP contribution < -0.4 is 10.1 Å². The number of alkyl halides is 3. The number of methoxy groups -OCH3 is 1.